The van der Waals surface area contributed by atoms with E-state index in [1.54, 1.807) is 23.8 Å². The van der Waals surface area contributed by atoms with Gasteiger partial charge in [0, 0.05) is 16.6 Å². The van der Waals surface area contributed by atoms with Crippen LogP contribution in [0, 0.1) is 0 Å². The zero-order valence-corrected chi connectivity index (χ0v) is 8.90. The van der Waals surface area contributed by atoms with Gasteiger partial charge in [0.05, 0.1) is 5.52 Å². The van der Waals surface area contributed by atoms with Crippen molar-refractivity contribution in [3.63, 3.8) is 0 Å². The summed E-state index contributed by atoms with van der Waals surface area (Å²) >= 11 is 5.99. The van der Waals surface area contributed by atoms with Crippen LogP contribution < -0.4 is 0 Å². The lowest BCUT2D eigenvalue weighted by molar-refractivity contribution is -0.140. The number of hydrogen-bond acceptors (Lipinski definition) is 1. The van der Waals surface area contributed by atoms with E-state index in [0.717, 1.165) is 10.9 Å². The molecule has 0 fully saturated rings. The van der Waals surface area contributed by atoms with E-state index >= 15 is 0 Å². The minimum Gasteiger partial charge on any atom is -0.480 e. The van der Waals surface area contributed by atoms with Crippen LogP contribution in [0.3, 0.4) is 0 Å². The molecule has 0 aliphatic rings. The molecule has 1 aromatic heterocycles. The molecule has 0 amide bonds. The number of carbonyl (C=O) groups is 1. The van der Waals surface area contributed by atoms with Crippen molar-refractivity contribution in [2.45, 2.75) is 13.0 Å². The molecule has 15 heavy (non-hydrogen) atoms. The highest BCUT2D eigenvalue weighted by molar-refractivity contribution is 6.35. The molecule has 1 N–H and O–H groups in total. The fourth-order valence-corrected chi connectivity index (χ4v) is 1.84. The zero-order valence-electron chi connectivity index (χ0n) is 8.14. The Labute approximate surface area is 91.9 Å². The van der Waals surface area contributed by atoms with E-state index < -0.39 is 12.0 Å². The molecule has 1 heterocycles. The van der Waals surface area contributed by atoms with Gasteiger partial charge in [0.2, 0.25) is 0 Å². The summed E-state index contributed by atoms with van der Waals surface area (Å²) in [5, 5.41) is 10.5. The minimum absolute atomic E-state index is 0.582. The Hall–Kier alpha value is -1.48. The molecule has 2 rings (SSSR count). The maximum atomic E-state index is 10.9. The van der Waals surface area contributed by atoms with Gasteiger partial charge in [0.25, 0.3) is 0 Å². The largest absolute Gasteiger partial charge is 0.480 e. The fourth-order valence-electron chi connectivity index (χ4n) is 1.61. The molecule has 4 heteroatoms. The molecular formula is C11H10ClNO2. The predicted molar refractivity (Wildman–Crippen MR) is 59.3 cm³/mol. The van der Waals surface area contributed by atoms with Crippen LogP contribution in [0.4, 0.5) is 0 Å². The van der Waals surface area contributed by atoms with Crippen molar-refractivity contribution in [3.05, 3.63) is 35.5 Å². The summed E-state index contributed by atoms with van der Waals surface area (Å²) in [5.74, 6) is -0.854. The minimum atomic E-state index is -0.854. The molecular weight excluding hydrogens is 214 g/mol. The van der Waals surface area contributed by atoms with Crippen molar-refractivity contribution >= 4 is 28.5 Å². The molecule has 0 saturated heterocycles. The van der Waals surface area contributed by atoms with Crippen molar-refractivity contribution in [2.24, 2.45) is 0 Å². The highest BCUT2D eigenvalue weighted by atomic mass is 35.5. The first kappa shape index (κ1) is 10.1. The van der Waals surface area contributed by atoms with E-state index in [-0.39, 0.29) is 0 Å². The van der Waals surface area contributed by atoms with E-state index in [0.29, 0.717) is 5.02 Å². The van der Waals surface area contributed by atoms with Gasteiger partial charge in [-0.2, -0.15) is 0 Å². The second kappa shape index (κ2) is 3.59. The molecule has 0 bridgehead atoms. The Kier molecular flexibility index (Phi) is 2.40. The number of benzene rings is 1. The second-order valence-electron chi connectivity index (χ2n) is 3.41. The third-order valence-electron chi connectivity index (χ3n) is 2.48. The van der Waals surface area contributed by atoms with Crippen molar-refractivity contribution in [1.82, 2.24) is 4.57 Å². The molecule has 0 aliphatic heterocycles. The number of carboxylic acids is 1. The van der Waals surface area contributed by atoms with Crippen molar-refractivity contribution < 1.29 is 9.90 Å². The van der Waals surface area contributed by atoms with Gasteiger partial charge >= 0.3 is 5.97 Å². The van der Waals surface area contributed by atoms with Crippen molar-refractivity contribution in [1.29, 1.82) is 0 Å². The Morgan fingerprint density at radius 1 is 1.47 bits per heavy atom. The normalized spacial score (nSPS) is 12.9. The molecule has 1 unspecified atom stereocenters. The summed E-state index contributed by atoms with van der Waals surface area (Å²) in [7, 11) is 0. The summed E-state index contributed by atoms with van der Waals surface area (Å²) in [5.41, 5.74) is 0.845. The third kappa shape index (κ3) is 1.59. The van der Waals surface area contributed by atoms with Gasteiger partial charge in [-0.1, -0.05) is 17.7 Å². The van der Waals surface area contributed by atoms with Crippen LogP contribution in [0.5, 0.6) is 0 Å². The molecule has 2 aromatic rings. The molecule has 78 valence electrons. The average molecular weight is 224 g/mol. The average Bonchev–Trinajstić information content (AvgIpc) is 2.61. The fraction of sp³-hybridized carbons (Fsp3) is 0.182. The zero-order chi connectivity index (χ0) is 11.0. The van der Waals surface area contributed by atoms with Gasteiger partial charge in [-0.25, -0.2) is 4.79 Å². The van der Waals surface area contributed by atoms with Crippen molar-refractivity contribution in [3.8, 4) is 0 Å². The summed E-state index contributed by atoms with van der Waals surface area (Å²) in [6.07, 6.45) is 1.75. The first-order valence-corrected chi connectivity index (χ1v) is 4.97. The van der Waals surface area contributed by atoms with E-state index in [4.69, 9.17) is 16.7 Å². The molecule has 0 radical (unpaired) electrons. The van der Waals surface area contributed by atoms with Gasteiger partial charge in [-0.15, -0.1) is 0 Å². The number of hydrogen-bond donors (Lipinski definition) is 1. The number of carboxylic acid groups (broad SMARTS) is 1. The van der Waals surface area contributed by atoms with Crippen molar-refractivity contribution in [2.75, 3.05) is 0 Å². The van der Waals surface area contributed by atoms with Gasteiger partial charge < -0.3 is 9.67 Å². The Morgan fingerprint density at radius 3 is 2.87 bits per heavy atom. The first-order valence-electron chi connectivity index (χ1n) is 4.59. The smallest absolute Gasteiger partial charge is 0.326 e. The Bertz CT molecular complexity index is 518. The SMILES string of the molecule is CC(C(=O)O)n1ccc2c(Cl)cccc21. The third-order valence-corrected chi connectivity index (χ3v) is 2.81. The Balaban J connectivity index is 2.64. The van der Waals surface area contributed by atoms with Crippen LogP contribution in [-0.4, -0.2) is 15.6 Å². The molecule has 0 saturated carbocycles. The standard InChI is InChI=1S/C11H10ClNO2/c1-7(11(14)15)13-6-5-8-9(12)3-2-4-10(8)13/h2-7H,1H3,(H,14,15). The van der Waals surface area contributed by atoms with E-state index in [1.807, 2.05) is 18.2 Å². The van der Waals surface area contributed by atoms with E-state index in [2.05, 4.69) is 0 Å². The van der Waals surface area contributed by atoms with Gasteiger partial charge in [-0.3, -0.25) is 0 Å². The molecule has 0 aliphatic carbocycles. The van der Waals surface area contributed by atoms with Gasteiger partial charge in [-0.05, 0) is 25.1 Å². The number of rotatable bonds is 2. The van der Waals surface area contributed by atoms with Gasteiger partial charge in [0.15, 0.2) is 0 Å². The summed E-state index contributed by atoms with van der Waals surface area (Å²) in [6.45, 7) is 1.64. The number of aliphatic carboxylic acids is 1. The summed E-state index contributed by atoms with van der Waals surface area (Å²) < 4.78 is 1.70. The number of nitrogens with zero attached hydrogens (tertiary/aromatic N) is 1. The lowest BCUT2D eigenvalue weighted by Gasteiger charge is -2.10. The highest BCUT2D eigenvalue weighted by Crippen LogP contribution is 2.26. The summed E-state index contributed by atoms with van der Waals surface area (Å²) in [4.78, 5) is 10.9. The highest BCUT2D eigenvalue weighted by Gasteiger charge is 2.15. The lowest BCUT2D eigenvalue weighted by Crippen LogP contribution is -2.14. The number of aromatic nitrogens is 1. The second-order valence-corrected chi connectivity index (χ2v) is 3.82. The van der Waals surface area contributed by atoms with Crippen LogP contribution in [0.1, 0.15) is 13.0 Å². The number of halogens is 1. The quantitative estimate of drug-likeness (QED) is 0.851. The predicted octanol–water partition coefficient (Wildman–Crippen LogP) is 2.94. The molecule has 1 aromatic carbocycles. The van der Waals surface area contributed by atoms with E-state index in [9.17, 15) is 4.79 Å². The number of fused-ring (bicyclic) bond motifs is 1. The monoisotopic (exact) mass is 223 g/mol. The van der Waals surface area contributed by atoms with Crippen LogP contribution in [0.25, 0.3) is 10.9 Å². The topological polar surface area (TPSA) is 42.2 Å². The Morgan fingerprint density at radius 2 is 2.20 bits per heavy atom. The van der Waals surface area contributed by atoms with Crippen LogP contribution in [-0.2, 0) is 4.79 Å². The van der Waals surface area contributed by atoms with Gasteiger partial charge in [0.1, 0.15) is 6.04 Å². The van der Waals surface area contributed by atoms with Crippen LogP contribution >= 0.6 is 11.6 Å². The summed E-state index contributed by atoms with van der Waals surface area (Å²) in [6, 6.07) is 6.72. The molecule has 1 atom stereocenters. The first-order chi connectivity index (χ1) is 7.11. The molecule has 0 spiro atoms. The molecule has 3 nitrogen and oxygen atoms in total. The lowest BCUT2D eigenvalue weighted by atomic mass is 10.2. The van der Waals surface area contributed by atoms with Crippen LogP contribution in [0.2, 0.25) is 5.02 Å². The van der Waals surface area contributed by atoms with E-state index in [1.165, 1.54) is 0 Å². The maximum Gasteiger partial charge on any atom is 0.326 e. The maximum absolute atomic E-state index is 10.9. The van der Waals surface area contributed by atoms with Crippen LogP contribution in [0.15, 0.2) is 30.5 Å².